The predicted molar refractivity (Wildman–Crippen MR) is 114 cm³/mol. The molecule has 0 radical (unpaired) electrons. The van der Waals surface area contributed by atoms with Crippen molar-refractivity contribution in [2.75, 3.05) is 29.9 Å². The zero-order chi connectivity index (χ0) is 18.2. The Morgan fingerprint density at radius 3 is 2.36 bits per heavy atom. The molecule has 3 nitrogen and oxygen atoms in total. The van der Waals surface area contributed by atoms with Crippen molar-refractivity contribution in [1.82, 2.24) is 5.32 Å². The Hall–Kier alpha value is -2.07. The molecule has 4 heteroatoms. The van der Waals surface area contributed by atoms with Crippen molar-refractivity contribution in [3.8, 4) is 0 Å². The zero-order valence-electron chi connectivity index (χ0n) is 15.7. The first-order chi connectivity index (χ1) is 12.0. The van der Waals surface area contributed by atoms with E-state index in [4.69, 9.17) is 12.2 Å². The fraction of sp³-hybridized carbons (Fsp3) is 0.381. The van der Waals surface area contributed by atoms with Crippen molar-refractivity contribution in [3.05, 3.63) is 59.2 Å². The summed E-state index contributed by atoms with van der Waals surface area (Å²) >= 11 is 5.39. The molecule has 0 fully saturated rings. The van der Waals surface area contributed by atoms with E-state index >= 15 is 0 Å². The van der Waals surface area contributed by atoms with Crippen LogP contribution in [0.4, 0.5) is 11.4 Å². The number of rotatable bonds is 7. The molecule has 0 aliphatic rings. The van der Waals surface area contributed by atoms with Crippen LogP contribution >= 0.6 is 12.2 Å². The van der Waals surface area contributed by atoms with Gasteiger partial charge in [0, 0.05) is 31.0 Å². The smallest absolute Gasteiger partial charge is 0.170 e. The maximum Gasteiger partial charge on any atom is 0.170 e. The lowest BCUT2D eigenvalue weighted by Crippen LogP contribution is -2.32. The highest BCUT2D eigenvalue weighted by molar-refractivity contribution is 7.80. The second-order valence-corrected chi connectivity index (χ2v) is 6.86. The lowest BCUT2D eigenvalue weighted by Gasteiger charge is -2.23. The summed E-state index contributed by atoms with van der Waals surface area (Å²) in [5.41, 5.74) is 6.17. The van der Waals surface area contributed by atoms with Crippen LogP contribution in [0.25, 0.3) is 0 Å². The molecule has 0 saturated heterocycles. The predicted octanol–water partition coefficient (Wildman–Crippen LogP) is 4.81. The van der Waals surface area contributed by atoms with Crippen LogP contribution in [-0.2, 0) is 0 Å². The monoisotopic (exact) mass is 355 g/mol. The third-order valence-corrected chi connectivity index (χ3v) is 4.68. The largest absolute Gasteiger partial charge is 0.372 e. The lowest BCUT2D eigenvalue weighted by molar-refractivity contribution is 0.726. The number of anilines is 2. The van der Waals surface area contributed by atoms with Gasteiger partial charge in [0.15, 0.2) is 5.11 Å². The van der Waals surface area contributed by atoms with Crippen molar-refractivity contribution >= 4 is 28.7 Å². The molecule has 0 aromatic heterocycles. The van der Waals surface area contributed by atoms with E-state index in [1.165, 1.54) is 22.4 Å². The quantitative estimate of drug-likeness (QED) is 0.550. The number of nitrogens with zero attached hydrogens (tertiary/aromatic N) is 1. The minimum atomic E-state index is 0.682. The van der Waals surface area contributed by atoms with Crippen LogP contribution in [0.5, 0.6) is 0 Å². The Labute approximate surface area is 157 Å². The second-order valence-electron chi connectivity index (χ2n) is 6.45. The van der Waals surface area contributed by atoms with Gasteiger partial charge in [0.25, 0.3) is 0 Å². The first kappa shape index (κ1) is 19.3. The van der Waals surface area contributed by atoms with Crippen LogP contribution in [0.3, 0.4) is 0 Å². The average Bonchev–Trinajstić information content (AvgIpc) is 2.59. The molecule has 0 aliphatic carbocycles. The molecule has 2 aromatic rings. The van der Waals surface area contributed by atoms with Crippen molar-refractivity contribution in [2.45, 2.75) is 34.1 Å². The first-order valence-electron chi connectivity index (χ1n) is 8.93. The van der Waals surface area contributed by atoms with E-state index in [9.17, 15) is 0 Å². The molecule has 0 amide bonds. The minimum Gasteiger partial charge on any atom is -0.372 e. The zero-order valence-corrected chi connectivity index (χ0v) is 16.5. The fourth-order valence-corrected chi connectivity index (χ4v) is 2.91. The molecule has 2 aromatic carbocycles. The maximum absolute atomic E-state index is 5.39. The Morgan fingerprint density at radius 2 is 1.72 bits per heavy atom. The van der Waals surface area contributed by atoms with Crippen LogP contribution in [0.2, 0.25) is 0 Å². The van der Waals surface area contributed by atoms with Gasteiger partial charge < -0.3 is 15.5 Å². The number of hydrogen-bond donors (Lipinski definition) is 2. The summed E-state index contributed by atoms with van der Waals surface area (Å²) in [7, 11) is 0. The number of aryl methyl sites for hydroxylation is 3. The SMILES string of the molecule is CCN(CCCNC(=S)Nc1ccc(C)c(C)c1)c1ccc(C)cc1. The number of nitrogens with one attached hydrogen (secondary N) is 2. The van der Waals surface area contributed by atoms with Crippen LogP contribution in [0.15, 0.2) is 42.5 Å². The topological polar surface area (TPSA) is 27.3 Å². The highest BCUT2D eigenvalue weighted by Gasteiger charge is 2.04. The molecule has 0 bridgehead atoms. The second kappa shape index (κ2) is 9.42. The summed E-state index contributed by atoms with van der Waals surface area (Å²) in [5, 5.41) is 7.24. The van der Waals surface area contributed by atoms with Crippen LogP contribution in [0.1, 0.15) is 30.0 Å². The van der Waals surface area contributed by atoms with Crippen LogP contribution in [-0.4, -0.2) is 24.7 Å². The third kappa shape index (κ3) is 6.05. The molecule has 2 rings (SSSR count). The molecule has 0 spiro atoms. The van der Waals surface area contributed by atoms with Gasteiger partial charge in [-0.3, -0.25) is 0 Å². The van der Waals surface area contributed by atoms with Crippen molar-refractivity contribution in [1.29, 1.82) is 0 Å². The first-order valence-corrected chi connectivity index (χ1v) is 9.34. The van der Waals surface area contributed by atoms with Crippen molar-refractivity contribution < 1.29 is 0 Å². The molecule has 2 N–H and O–H groups in total. The van der Waals surface area contributed by atoms with Gasteiger partial charge in [0.1, 0.15) is 0 Å². The van der Waals surface area contributed by atoms with Crippen molar-refractivity contribution in [2.24, 2.45) is 0 Å². The molecule has 0 atom stereocenters. The van der Waals surface area contributed by atoms with Gasteiger partial charge in [-0.25, -0.2) is 0 Å². The molecule has 0 heterocycles. The summed E-state index contributed by atoms with van der Waals surface area (Å²) < 4.78 is 0. The summed E-state index contributed by atoms with van der Waals surface area (Å²) in [6, 6.07) is 15.0. The number of benzene rings is 2. The van der Waals surface area contributed by atoms with Crippen LogP contribution < -0.4 is 15.5 Å². The Bertz CT molecular complexity index is 695. The van der Waals surface area contributed by atoms with Gasteiger partial charge in [-0.1, -0.05) is 23.8 Å². The van der Waals surface area contributed by atoms with E-state index in [0.717, 1.165) is 31.7 Å². The maximum atomic E-state index is 5.39. The van der Waals surface area contributed by atoms with Gasteiger partial charge in [-0.2, -0.15) is 0 Å². The number of thiocarbonyl (C=S) groups is 1. The molecule has 0 aliphatic heterocycles. The highest BCUT2D eigenvalue weighted by Crippen LogP contribution is 2.15. The van der Waals surface area contributed by atoms with Gasteiger partial charge in [0.2, 0.25) is 0 Å². The Kier molecular flexibility index (Phi) is 7.26. The molecule has 134 valence electrons. The summed E-state index contributed by atoms with van der Waals surface area (Å²) in [4.78, 5) is 2.39. The molecular formula is C21H29N3S. The van der Waals surface area contributed by atoms with Crippen LogP contribution in [0, 0.1) is 20.8 Å². The summed E-state index contributed by atoms with van der Waals surface area (Å²) in [5.74, 6) is 0. The van der Waals surface area contributed by atoms with E-state index < -0.39 is 0 Å². The molecule has 0 unspecified atom stereocenters. The van der Waals surface area contributed by atoms with E-state index in [1.807, 2.05) is 0 Å². The normalized spacial score (nSPS) is 10.4. The van der Waals surface area contributed by atoms with E-state index in [0.29, 0.717) is 5.11 Å². The van der Waals surface area contributed by atoms with Gasteiger partial charge in [0.05, 0.1) is 0 Å². The highest BCUT2D eigenvalue weighted by atomic mass is 32.1. The average molecular weight is 356 g/mol. The van der Waals surface area contributed by atoms with E-state index in [-0.39, 0.29) is 0 Å². The third-order valence-electron chi connectivity index (χ3n) is 4.44. The Morgan fingerprint density at radius 1 is 1.00 bits per heavy atom. The molecular weight excluding hydrogens is 326 g/mol. The standard InChI is InChI=1S/C21H29N3S/c1-5-24(20-11-7-16(2)8-12-20)14-6-13-22-21(25)23-19-10-9-17(3)18(4)15-19/h7-12,15H,5-6,13-14H2,1-4H3,(H2,22,23,25). The van der Waals surface area contributed by atoms with Gasteiger partial charge in [-0.15, -0.1) is 0 Å². The van der Waals surface area contributed by atoms with E-state index in [1.54, 1.807) is 0 Å². The minimum absolute atomic E-state index is 0.682. The Balaban J connectivity index is 1.74. The van der Waals surface area contributed by atoms with Gasteiger partial charge in [-0.05, 0) is 81.7 Å². The summed E-state index contributed by atoms with van der Waals surface area (Å²) in [6.07, 6.45) is 1.04. The molecule has 0 saturated carbocycles. The fourth-order valence-electron chi connectivity index (χ4n) is 2.69. The van der Waals surface area contributed by atoms with Gasteiger partial charge >= 0.3 is 0 Å². The summed E-state index contributed by atoms with van der Waals surface area (Å²) in [6.45, 7) is 11.4. The number of hydrogen-bond acceptors (Lipinski definition) is 2. The molecule has 25 heavy (non-hydrogen) atoms. The lowest BCUT2D eigenvalue weighted by atomic mass is 10.1. The van der Waals surface area contributed by atoms with E-state index in [2.05, 4.69) is 85.7 Å². The van der Waals surface area contributed by atoms with Crippen molar-refractivity contribution in [3.63, 3.8) is 0 Å².